The van der Waals surface area contributed by atoms with Gasteiger partial charge in [-0.3, -0.25) is 9.59 Å². The van der Waals surface area contributed by atoms with Crippen molar-refractivity contribution in [3.05, 3.63) is 199 Å². The summed E-state index contributed by atoms with van der Waals surface area (Å²) >= 11 is 3.48. The van der Waals surface area contributed by atoms with Crippen molar-refractivity contribution in [2.24, 2.45) is 10.8 Å². The van der Waals surface area contributed by atoms with Gasteiger partial charge in [0.25, 0.3) is 0 Å². The van der Waals surface area contributed by atoms with Crippen molar-refractivity contribution < 1.29 is 19.6 Å². The molecule has 2 atom stereocenters. The zero-order valence-electron chi connectivity index (χ0n) is 31.9. The molecule has 4 aliphatic carbocycles. The van der Waals surface area contributed by atoms with Crippen LogP contribution in [0.15, 0.2) is 138 Å². The first-order chi connectivity index (χ1) is 28.1. The standard InChI is InChI=1S/C25H19NO.C18H15BrO.C7H6BNO2/c1-26-22-8-4-7-18(13-22)19-9-10-21-16-25(24(27)23(21)14-19)12-11-17-5-2-3-6-20(17)15-25;19-15-6-5-14-11-18(17(20)16(14)9-15)8-7-12-3-1-2-4-13(12)10-18;9-5-6-2-1-3-7(4-6)8(10)11/h2-10,13-14H,11-12,15-16H2;1-6,9H,7-8,10-11H2;1-4,10-11H. The summed E-state index contributed by atoms with van der Waals surface area (Å²) in [5.41, 5.74) is 12.6. The van der Waals surface area contributed by atoms with Crippen LogP contribution in [0.5, 0.6) is 0 Å². The fourth-order valence-electron chi connectivity index (χ4n) is 9.31. The maximum absolute atomic E-state index is 13.4. The summed E-state index contributed by atoms with van der Waals surface area (Å²) in [6.07, 6.45) is 7.41. The molecule has 6 nitrogen and oxygen atoms in total. The molecular formula is C50H40BBrN2O4. The number of hydrogen-bond donors (Lipinski definition) is 2. The summed E-state index contributed by atoms with van der Waals surface area (Å²) in [7, 11) is -1.50. The Balaban J connectivity index is 0.000000133. The van der Waals surface area contributed by atoms with Crippen LogP contribution in [-0.4, -0.2) is 28.7 Å². The van der Waals surface area contributed by atoms with E-state index in [0.717, 1.165) is 78.1 Å². The second-order valence-electron chi connectivity index (χ2n) is 15.9. The number of carbonyl (C=O) groups is 2. The summed E-state index contributed by atoms with van der Waals surface area (Å²) in [5.74, 6) is 0.651. The predicted octanol–water partition coefficient (Wildman–Crippen LogP) is 9.42. The fraction of sp³-hybridized carbons (Fsp3) is 0.200. The van der Waals surface area contributed by atoms with Crippen LogP contribution < -0.4 is 5.46 Å². The van der Waals surface area contributed by atoms with Gasteiger partial charge in [-0.1, -0.05) is 113 Å². The molecule has 58 heavy (non-hydrogen) atoms. The Morgan fingerprint density at radius 3 is 1.72 bits per heavy atom. The molecule has 0 fully saturated rings. The van der Waals surface area contributed by atoms with Gasteiger partial charge in [-0.2, -0.15) is 5.26 Å². The zero-order chi connectivity index (χ0) is 40.4. The number of hydrogen-bond acceptors (Lipinski definition) is 5. The molecule has 2 N–H and O–H groups in total. The van der Waals surface area contributed by atoms with Gasteiger partial charge >= 0.3 is 7.12 Å². The largest absolute Gasteiger partial charge is 0.488 e. The molecular weight excluding hydrogens is 783 g/mol. The molecule has 284 valence electrons. The Morgan fingerprint density at radius 2 is 1.14 bits per heavy atom. The topological polar surface area (TPSA) is 103 Å². The van der Waals surface area contributed by atoms with E-state index in [1.54, 1.807) is 18.2 Å². The van der Waals surface area contributed by atoms with E-state index in [0.29, 0.717) is 28.3 Å². The maximum Gasteiger partial charge on any atom is 0.488 e. The van der Waals surface area contributed by atoms with Gasteiger partial charge in [0.05, 0.1) is 18.2 Å². The van der Waals surface area contributed by atoms with Crippen LogP contribution in [0.4, 0.5) is 5.69 Å². The van der Waals surface area contributed by atoms with Crippen LogP contribution in [0.2, 0.25) is 0 Å². The second-order valence-corrected chi connectivity index (χ2v) is 16.8. The Morgan fingerprint density at radius 1 is 0.603 bits per heavy atom. The number of carbonyl (C=O) groups excluding carboxylic acids is 2. The number of Topliss-reactive ketones (excluding diaryl/α,β-unsaturated/α-hetero) is 2. The monoisotopic (exact) mass is 822 g/mol. The van der Waals surface area contributed by atoms with E-state index in [-0.39, 0.29) is 10.8 Å². The average molecular weight is 824 g/mol. The molecule has 0 bridgehead atoms. The third-order valence-corrected chi connectivity index (χ3v) is 12.8. The van der Waals surface area contributed by atoms with Crippen molar-refractivity contribution in [1.29, 1.82) is 5.26 Å². The summed E-state index contributed by atoms with van der Waals surface area (Å²) in [5, 5.41) is 25.8. The Bertz CT molecular complexity index is 2680. The van der Waals surface area contributed by atoms with Crippen LogP contribution in [0, 0.1) is 28.7 Å². The number of halogens is 1. The van der Waals surface area contributed by atoms with Crippen molar-refractivity contribution in [1.82, 2.24) is 0 Å². The first-order valence-electron chi connectivity index (χ1n) is 19.6. The van der Waals surface area contributed by atoms with Crippen LogP contribution in [0.3, 0.4) is 0 Å². The lowest BCUT2D eigenvalue weighted by Gasteiger charge is -2.33. The van der Waals surface area contributed by atoms with Gasteiger partial charge in [-0.25, -0.2) is 4.85 Å². The minimum atomic E-state index is -1.50. The van der Waals surface area contributed by atoms with Crippen molar-refractivity contribution >= 4 is 45.8 Å². The lowest BCUT2D eigenvalue weighted by molar-refractivity contribution is 0.0788. The molecule has 2 spiro atoms. The fourth-order valence-corrected chi connectivity index (χ4v) is 9.67. The van der Waals surface area contributed by atoms with Crippen LogP contribution in [0.25, 0.3) is 16.0 Å². The van der Waals surface area contributed by atoms with E-state index in [9.17, 15) is 9.59 Å². The van der Waals surface area contributed by atoms with Gasteiger partial charge in [0.2, 0.25) is 0 Å². The molecule has 6 aromatic rings. The molecule has 0 saturated heterocycles. The number of rotatable bonds is 2. The summed E-state index contributed by atoms with van der Waals surface area (Å²) in [6, 6.07) is 45.2. The highest BCUT2D eigenvalue weighted by Crippen LogP contribution is 2.48. The molecule has 0 radical (unpaired) electrons. The van der Waals surface area contributed by atoms with Crippen molar-refractivity contribution in [2.45, 2.75) is 51.4 Å². The highest BCUT2D eigenvalue weighted by atomic mass is 79.9. The molecule has 0 heterocycles. The predicted molar refractivity (Wildman–Crippen MR) is 231 cm³/mol. The van der Waals surface area contributed by atoms with E-state index in [1.807, 2.05) is 48.5 Å². The van der Waals surface area contributed by atoms with Crippen LogP contribution in [0.1, 0.15) is 72.5 Å². The average Bonchev–Trinajstić information content (AvgIpc) is 3.68. The van der Waals surface area contributed by atoms with Crippen LogP contribution >= 0.6 is 15.9 Å². The molecule has 4 aliphatic rings. The first-order valence-corrected chi connectivity index (χ1v) is 20.4. The van der Waals surface area contributed by atoms with Gasteiger partial charge in [0.15, 0.2) is 17.3 Å². The molecule has 6 aromatic carbocycles. The van der Waals surface area contributed by atoms with Crippen molar-refractivity contribution in [3.8, 4) is 17.2 Å². The van der Waals surface area contributed by atoms with E-state index in [1.165, 1.54) is 39.4 Å². The smallest absolute Gasteiger partial charge is 0.423 e. The number of nitriles is 1. The van der Waals surface area contributed by atoms with Gasteiger partial charge < -0.3 is 10.0 Å². The number of fused-ring (bicyclic) bond motifs is 4. The molecule has 0 amide bonds. The Hall–Kier alpha value is -5.90. The summed E-state index contributed by atoms with van der Waals surface area (Å²) < 4.78 is 0.998. The third-order valence-electron chi connectivity index (χ3n) is 12.4. The number of benzene rings is 6. The zero-order valence-corrected chi connectivity index (χ0v) is 33.5. The van der Waals surface area contributed by atoms with Crippen molar-refractivity contribution in [2.75, 3.05) is 0 Å². The molecule has 10 rings (SSSR count). The number of ketones is 2. The van der Waals surface area contributed by atoms with E-state index < -0.39 is 7.12 Å². The van der Waals surface area contributed by atoms with E-state index in [4.69, 9.17) is 21.9 Å². The highest BCUT2D eigenvalue weighted by Gasteiger charge is 2.48. The number of aryl methyl sites for hydroxylation is 2. The normalized spacial score (nSPS) is 19.3. The van der Waals surface area contributed by atoms with E-state index in [2.05, 4.69) is 87.5 Å². The first kappa shape index (κ1) is 39.0. The second kappa shape index (κ2) is 16.2. The maximum atomic E-state index is 13.4. The van der Waals surface area contributed by atoms with Gasteiger partial charge in [-0.15, -0.1) is 0 Å². The molecule has 8 heteroatoms. The molecule has 0 aromatic heterocycles. The van der Waals surface area contributed by atoms with Crippen molar-refractivity contribution in [3.63, 3.8) is 0 Å². The summed E-state index contributed by atoms with van der Waals surface area (Å²) in [6.45, 7) is 7.22. The minimum absolute atomic E-state index is 0.183. The lowest BCUT2D eigenvalue weighted by Crippen LogP contribution is -2.34. The quantitative estimate of drug-likeness (QED) is 0.134. The SMILES string of the molecule is N#Cc1cccc(B(O)O)c1.O=C1c2cc(Br)ccc2CC12CCc1ccccc1C2.[C-]#[N+]c1cccc(-c2ccc3c(c2)C(=O)C2(CCc4ccccc4C2)C3)c1. The van der Waals surface area contributed by atoms with Crippen LogP contribution in [-0.2, 0) is 38.5 Å². The molecule has 0 saturated carbocycles. The molecule has 2 unspecified atom stereocenters. The Labute approximate surface area is 347 Å². The van der Waals surface area contributed by atoms with Gasteiger partial charge in [0.1, 0.15) is 0 Å². The highest BCUT2D eigenvalue weighted by molar-refractivity contribution is 9.10. The minimum Gasteiger partial charge on any atom is -0.423 e. The lowest BCUT2D eigenvalue weighted by atomic mass is 9.69. The third kappa shape index (κ3) is 7.60. The van der Waals surface area contributed by atoms with Gasteiger partial charge in [-0.05, 0) is 138 Å². The summed E-state index contributed by atoms with van der Waals surface area (Å²) in [4.78, 5) is 29.9. The van der Waals surface area contributed by atoms with Gasteiger partial charge in [0, 0.05) is 26.4 Å². The number of nitrogens with zero attached hydrogens (tertiary/aromatic N) is 2. The Kier molecular flexibility index (Phi) is 10.9. The van der Waals surface area contributed by atoms with E-state index >= 15 is 0 Å². The molecule has 0 aliphatic heterocycles.